The third kappa shape index (κ3) is 3.56. The van der Waals surface area contributed by atoms with Crippen molar-refractivity contribution in [1.82, 2.24) is 9.47 Å². The summed E-state index contributed by atoms with van der Waals surface area (Å²) in [5, 5.41) is 10.1. The molecule has 0 saturated carbocycles. The van der Waals surface area contributed by atoms with Crippen LogP contribution in [0.15, 0.2) is 60.7 Å². The fourth-order valence-electron chi connectivity index (χ4n) is 3.09. The Bertz CT molecular complexity index is 906. The minimum Gasteiger partial charge on any atom is -0.332 e. The van der Waals surface area contributed by atoms with E-state index in [1.165, 1.54) is 0 Å². The van der Waals surface area contributed by atoms with Gasteiger partial charge in [-0.1, -0.05) is 55.5 Å². The summed E-state index contributed by atoms with van der Waals surface area (Å²) < 4.78 is 2.05. The van der Waals surface area contributed by atoms with Gasteiger partial charge >= 0.3 is 0 Å². The summed E-state index contributed by atoms with van der Waals surface area (Å²) in [6.07, 6.45) is 0.826. The summed E-state index contributed by atoms with van der Waals surface area (Å²) in [6.45, 7) is 3.33. The van der Waals surface area contributed by atoms with Gasteiger partial charge in [-0.3, -0.25) is 4.79 Å². The van der Waals surface area contributed by atoms with Gasteiger partial charge in [0.25, 0.3) is 5.91 Å². The predicted octanol–water partition coefficient (Wildman–Crippen LogP) is 4.07. The molecule has 0 atom stereocenters. The highest BCUT2D eigenvalue weighted by molar-refractivity contribution is 5.99. The molecule has 1 heterocycles. The van der Waals surface area contributed by atoms with Gasteiger partial charge in [0, 0.05) is 24.0 Å². The molecule has 126 valence electrons. The van der Waals surface area contributed by atoms with Crippen LogP contribution < -0.4 is 0 Å². The molecule has 0 spiro atoms. The molecule has 0 saturated heterocycles. The zero-order valence-electron chi connectivity index (χ0n) is 14.4. The van der Waals surface area contributed by atoms with Crippen LogP contribution in [-0.4, -0.2) is 28.5 Å². The number of rotatable bonds is 6. The topological polar surface area (TPSA) is 49.0 Å². The number of aromatic nitrogens is 1. The minimum atomic E-state index is -0.0875. The monoisotopic (exact) mass is 331 g/mol. The Kier molecular flexibility index (Phi) is 5.15. The molecule has 1 aromatic heterocycles. The number of nitriles is 1. The van der Waals surface area contributed by atoms with E-state index in [0.717, 1.165) is 22.9 Å². The molecule has 0 bridgehead atoms. The molecular formula is C21H21N3O. The predicted molar refractivity (Wildman–Crippen MR) is 99.3 cm³/mol. The molecule has 25 heavy (non-hydrogen) atoms. The molecule has 0 radical (unpaired) electrons. The van der Waals surface area contributed by atoms with E-state index in [1.54, 1.807) is 4.90 Å². The van der Waals surface area contributed by atoms with Gasteiger partial charge < -0.3 is 9.47 Å². The zero-order valence-corrected chi connectivity index (χ0v) is 14.4. The molecule has 3 rings (SSSR count). The van der Waals surface area contributed by atoms with Crippen LogP contribution >= 0.6 is 0 Å². The number of para-hydroxylation sites is 1. The van der Waals surface area contributed by atoms with Crippen molar-refractivity contribution < 1.29 is 4.79 Å². The number of hydrogen-bond acceptors (Lipinski definition) is 2. The average Bonchev–Trinajstić information content (AvgIpc) is 3.00. The van der Waals surface area contributed by atoms with E-state index in [4.69, 9.17) is 5.26 Å². The molecule has 1 amide bonds. The summed E-state index contributed by atoms with van der Waals surface area (Å²) in [4.78, 5) is 14.7. The average molecular weight is 331 g/mol. The van der Waals surface area contributed by atoms with Crippen molar-refractivity contribution in [3.8, 4) is 6.07 Å². The van der Waals surface area contributed by atoms with Crippen molar-refractivity contribution in [2.24, 2.45) is 0 Å². The molecule has 2 aromatic carbocycles. The van der Waals surface area contributed by atoms with E-state index in [0.29, 0.717) is 18.8 Å². The molecule has 0 aliphatic carbocycles. The molecule has 0 aliphatic rings. The molecular weight excluding hydrogens is 310 g/mol. The lowest BCUT2D eigenvalue weighted by Crippen LogP contribution is -2.33. The minimum absolute atomic E-state index is 0.0875. The van der Waals surface area contributed by atoms with Gasteiger partial charge in [0.1, 0.15) is 12.2 Å². The number of fused-ring (bicyclic) bond motifs is 1. The second-order valence-electron chi connectivity index (χ2n) is 6.04. The largest absolute Gasteiger partial charge is 0.332 e. The Morgan fingerprint density at radius 2 is 1.84 bits per heavy atom. The maximum absolute atomic E-state index is 13.1. The molecule has 0 N–H and O–H groups in total. The van der Waals surface area contributed by atoms with E-state index in [2.05, 4.69) is 18.2 Å². The highest BCUT2D eigenvalue weighted by atomic mass is 16.2. The van der Waals surface area contributed by atoms with Gasteiger partial charge in [0.15, 0.2) is 0 Å². The molecule has 4 heteroatoms. The smallest absolute Gasteiger partial charge is 0.271 e. The lowest BCUT2D eigenvalue weighted by Gasteiger charge is -2.20. The standard InChI is InChI=1S/C21H21N3O/c1-2-13-23(14-12-22)21(25)20-15-18-10-6-7-11-19(18)24(20)16-17-8-4-3-5-9-17/h3-11,15H,2,13-14,16H2,1H3. The lowest BCUT2D eigenvalue weighted by atomic mass is 10.2. The molecule has 0 fully saturated rings. The van der Waals surface area contributed by atoms with Crippen LogP contribution in [0, 0.1) is 11.3 Å². The Balaban J connectivity index is 2.06. The first-order valence-corrected chi connectivity index (χ1v) is 8.53. The molecule has 3 aromatic rings. The third-order valence-electron chi connectivity index (χ3n) is 4.26. The van der Waals surface area contributed by atoms with Crippen molar-refractivity contribution >= 4 is 16.8 Å². The van der Waals surface area contributed by atoms with Gasteiger partial charge in [0.2, 0.25) is 0 Å². The fraction of sp³-hybridized carbons (Fsp3) is 0.238. The molecule has 4 nitrogen and oxygen atoms in total. The first-order valence-electron chi connectivity index (χ1n) is 8.53. The maximum atomic E-state index is 13.1. The second kappa shape index (κ2) is 7.67. The third-order valence-corrected chi connectivity index (χ3v) is 4.26. The fourth-order valence-corrected chi connectivity index (χ4v) is 3.09. The lowest BCUT2D eigenvalue weighted by molar-refractivity contribution is 0.0766. The maximum Gasteiger partial charge on any atom is 0.271 e. The van der Waals surface area contributed by atoms with E-state index in [-0.39, 0.29) is 12.5 Å². The van der Waals surface area contributed by atoms with Crippen LogP contribution in [0.4, 0.5) is 0 Å². The summed E-state index contributed by atoms with van der Waals surface area (Å²) in [6, 6.07) is 22.1. The number of benzene rings is 2. The van der Waals surface area contributed by atoms with Gasteiger partial charge in [-0.05, 0) is 24.1 Å². The van der Waals surface area contributed by atoms with Gasteiger partial charge in [0.05, 0.1) is 6.07 Å². The van der Waals surface area contributed by atoms with E-state index >= 15 is 0 Å². The van der Waals surface area contributed by atoms with Gasteiger partial charge in [-0.15, -0.1) is 0 Å². The Morgan fingerprint density at radius 1 is 1.12 bits per heavy atom. The Morgan fingerprint density at radius 3 is 2.56 bits per heavy atom. The number of carbonyl (C=O) groups is 1. The zero-order chi connectivity index (χ0) is 17.6. The normalized spacial score (nSPS) is 10.6. The van der Waals surface area contributed by atoms with E-state index in [1.807, 2.05) is 60.0 Å². The highest BCUT2D eigenvalue weighted by Gasteiger charge is 2.20. The van der Waals surface area contributed by atoms with Crippen molar-refractivity contribution in [3.63, 3.8) is 0 Å². The first kappa shape index (κ1) is 16.8. The van der Waals surface area contributed by atoms with E-state index in [9.17, 15) is 4.79 Å². The summed E-state index contributed by atoms with van der Waals surface area (Å²) >= 11 is 0. The van der Waals surface area contributed by atoms with Gasteiger partial charge in [-0.2, -0.15) is 5.26 Å². The summed E-state index contributed by atoms with van der Waals surface area (Å²) in [5.74, 6) is -0.0875. The van der Waals surface area contributed by atoms with Crippen LogP contribution in [0.5, 0.6) is 0 Å². The SMILES string of the molecule is CCCN(CC#N)C(=O)c1cc2ccccc2n1Cc1ccccc1. The first-order chi connectivity index (χ1) is 12.2. The number of amides is 1. The quantitative estimate of drug-likeness (QED) is 0.639. The van der Waals surface area contributed by atoms with Crippen molar-refractivity contribution in [3.05, 3.63) is 71.9 Å². The Labute approximate surface area is 147 Å². The summed E-state index contributed by atoms with van der Waals surface area (Å²) in [7, 11) is 0. The Hall–Kier alpha value is -3.06. The van der Waals surface area contributed by atoms with Crippen molar-refractivity contribution in [1.29, 1.82) is 5.26 Å². The highest BCUT2D eigenvalue weighted by Crippen LogP contribution is 2.22. The van der Waals surface area contributed by atoms with Gasteiger partial charge in [-0.25, -0.2) is 0 Å². The van der Waals surface area contributed by atoms with E-state index < -0.39 is 0 Å². The van der Waals surface area contributed by atoms with Crippen LogP contribution in [0.2, 0.25) is 0 Å². The number of hydrogen-bond donors (Lipinski definition) is 0. The van der Waals surface area contributed by atoms with Crippen LogP contribution in [-0.2, 0) is 6.54 Å². The second-order valence-corrected chi connectivity index (χ2v) is 6.04. The van der Waals surface area contributed by atoms with Crippen molar-refractivity contribution in [2.75, 3.05) is 13.1 Å². The summed E-state index contributed by atoms with van der Waals surface area (Å²) in [5.41, 5.74) is 2.80. The van der Waals surface area contributed by atoms with Crippen LogP contribution in [0.3, 0.4) is 0 Å². The van der Waals surface area contributed by atoms with Crippen LogP contribution in [0.1, 0.15) is 29.4 Å². The number of carbonyl (C=O) groups excluding carboxylic acids is 1. The molecule has 0 aliphatic heterocycles. The number of nitrogens with zero attached hydrogens (tertiary/aromatic N) is 3. The van der Waals surface area contributed by atoms with Crippen molar-refractivity contribution in [2.45, 2.75) is 19.9 Å². The molecule has 0 unspecified atom stereocenters. The van der Waals surface area contributed by atoms with Crippen LogP contribution in [0.25, 0.3) is 10.9 Å².